The van der Waals surface area contributed by atoms with Crippen molar-refractivity contribution in [2.75, 3.05) is 5.32 Å². The third-order valence-corrected chi connectivity index (χ3v) is 4.84. The number of aromatic nitrogens is 2. The first-order valence-corrected chi connectivity index (χ1v) is 9.60. The van der Waals surface area contributed by atoms with Crippen LogP contribution < -0.4 is 10.1 Å². The average Bonchev–Trinajstić information content (AvgIpc) is 3.10. The smallest absolute Gasteiger partial charge is 0.266 e. The first kappa shape index (κ1) is 18.7. The van der Waals surface area contributed by atoms with Crippen LogP contribution in [0.5, 0.6) is 5.75 Å². The van der Waals surface area contributed by atoms with Gasteiger partial charge in [-0.2, -0.15) is 0 Å². The standard InChI is InChI=1S/C24H23N3O2/c1-16-11-13-20(14-12-16)29-18(3)24(28)26-23-21(19-9-5-4-6-10-19)25-22-17(2)8-7-15-27(22)23/h4-15,18H,1-3H3,(H,26,28). The number of hydrogen-bond donors (Lipinski definition) is 1. The van der Waals surface area contributed by atoms with Gasteiger partial charge < -0.3 is 10.1 Å². The number of aryl methyl sites for hydroxylation is 2. The molecular weight excluding hydrogens is 362 g/mol. The van der Waals surface area contributed by atoms with Gasteiger partial charge in [0.25, 0.3) is 5.91 Å². The lowest BCUT2D eigenvalue weighted by molar-refractivity contribution is -0.122. The average molecular weight is 385 g/mol. The van der Waals surface area contributed by atoms with E-state index in [0.717, 1.165) is 28.0 Å². The minimum atomic E-state index is -0.656. The fourth-order valence-electron chi connectivity index (χ4n) is 3.21. The molecule has 0 radical (unpaired) electrons. The van der Waals surface area contributed by atoms with E-state index in [-0.39, 0.29) is 5.91 Å². The number of amides is 1. The Kier molecular flexibility index (Phi) is 5.04. The maximum atomic E-state index is 12.9. The summed E-state index contributed by atoms with van der Waals surface area (Å²) in [5.74, 6) is 1.07. The van der Waals surface area contributed by atoms with Crippen molar-refractivity contribution in [1.82, 2.24) is 9.38 Å². The molecule has 1 N–H and O–H groups in total. The van der Waals surface area contributed by atoms with Crippen LogP contribution in [0.1, 0.15) is 18.1 Å². The van der Waals surface area contributed by atoms with Crippen LogP contribution in [0.25, 0.3) is 16.9 Å². The molecule has 0 spiro atoms. The number of fused-ring (bicyclic) bond motifs is 1. The number of nitrogens with one attached hydrogen (secondary N) is 1. The minimum absolute atomic E-state index is 0.230. The van der Waals surface area contributed by atoms with E-state index in [0.29, 0.717) is 11.6 Å². The molecule has 4 rings (SSSR count). The van der Waals surface area contributed by atoms with E-state index in [1.165, 1.54) is 0 Å². The molecular formula is C24H23N3O2. The van der Waals surface area contributed by atoms with Crippen molar-refractivity contribution in [3.63, 3.8) is 0 Å². The predicted molar refractivity (Wildman–Crippen MR) is 115 cm³/mol. The monoisotopic (exact) mass is 385 g/mol. The van der Waals surface area contributed by atoms with Gasteiger partial charge in [-0.3, -0.25) is 9.20 Å². The Morgan fingerprint density at radius 1 is 1.00 bits per heavy atom. The lowest BCUT2D eigenvalue weighted by Gasteiger charge is -2.15. The van der Waals surface area contributed by atoms with Crippen LogP contribution in [-0.2, 0) is 4.79 Å². The van der Waals surface area contributed by atoms with Crippen LogP contribution in [0.3, 0.4) is 0 Å². The van der Waals surface area contributed by atoms with E-state index in [2.05, 4.69) is 5.32 Å². The van der Waals surface area contributed by atoms with Gasteiger partial charge in [0, 0.05) is 11.8 Å². The van der Waals surface area contributed by atoms with E-state index < -0.39 is 6.10 Å². The summed E-state index contributed by atoms with van der Waals surface area (Å²) in [6, 6.07) is 21.5. The van der Waals surface area contributed by atoms with Crippen molar-refractivity contribution in [1.29, 1.82) is 0 Å². The summed E-state index contributed by atoms with van der Waals surface area (Å²) in [7, 11) is 0. The largest absolute Gasteiger partial charge is 0.481 e. The van der Waals surface area contributed by atoms with Crippen molar-refractivity contribution in [2.24, 2.45) is 0 Å². The van der Waals surface area contributed by atoms with Gasteiger partial charge in [-0.1, -0.05) is 54.1 Å². The molecule has 1 unspecified atom stereocenters. The number of hydrogen-bond acceptors (Lipinski definition) is 3. The molecule has 0 aliphatic carbocycles. The van der Waals surface area contributed by atoms with Crippen molar-refractivity contribution in [3.8, 4) is 17.0 Å². The third kappa shape index (κ3) is 3.85. The highest BCUT2D eigenvalue weighted by Crippen LogP contribution is 2.30. The molecule has 0 aliphatic rings. The highest BCUT2D eigenvalue weighted by atomic mass is 16.5. The summed E-state index contributed by atoms with van der Waals surface area (Å²) in [5.41, 5.74) is 4.67. The van der Waals surface area contributed by atoms with Crippen LogP contribution in [-0.4, -0.2) is 21.4 Å². The number of imidazole rings is 1. The molecule has 2 aromatic heterocycles. The number of pyridine rings is 1. The van der Waals surface area contributed by atoms with Crippen LogP contribution in [0.2, 0.25) is 0 Å². The van der Waals surface area contributed by atoms with Gasteiger partial charge in [0.1, 0.15) is 22.9 Å². The Labute approximate surface area is 170 Å². The summed E-state index contributed by atoms with van der Waals surface area (Å²) < 4.78 is 7.73. The molecule has 0 saturated heterocycles. The zero-order valence-electron chi connectivity index (χ0n) is 16.7. The molecule has 146 valence electrons. The Morgan fingerprint density at radius 3 is 2.45 bits per heavy atom. The van der Waals surface area contributed by atoms with Crippen molar-refractivity contribution in [3.05, 3.63) is 84.1 Å². The fraction of sp³-hybridized carbons (Fsp3) is 0.167. The lowest BCUT2D eigenvalue weighted by atomic mass is 10.1. The highest BCUT2D eigenvalue weighted by Gasteiger charge is 2.21. The molecule has 1 atom stereocenters. The molecule has 2 heterocycles. The molecule has 2 aromatic carbocycles. The van der Waals surface area contributed by atoms with Gasteiger partial charge in [-0.25, -0.2) is 4.98 Å². The highest BCUT2D eigenvalue weighted by molar-refractivity contribution is 5.97. The zero-order chi connectivity index (χ0) is 20.4. The van der Waals surface area contributed by atoms with Crippen molar-refractivity contribution >= 4 is 17.4 Å². The van der Waals surface area contributed by atoms with E-state index in [1.807, 2.05) is 91.2 Å². The van der Waals surface area contributed by atoms with E-state index in [1.54, 1.807) is 6.92 Å². The third-order valence-electron chi connectivity index (χ3n) is 4.84. The molecule has 0 fully saturated rings. The second-order valence-electron chi connectivity index (χ2n) is 7.12. The van der Waals surface area contributed by atoms with Crippen LogP contribution in [0, 0.1) is 13.8 Å². The number of ether oxygens (including phenoxy) is 1. The number of carbonyl (C=O) groups excluding carboxylic acids is 1. The van der Waals surface area contributed by atoms with Gasteiger partial charge in [-0.15, -0.1) is 0 Å². The van der Waals surface area contributed by atoms with Gasteiger partial charge >= 0.3 is 0 Å². The number of nitrogens with zero attached hydrogens (tertiary/aromatic N) is 2. The number of benzene rings is 2. The van der Waals surface area contributed by atoms with E-state index in [4.69, 9.17) is 9.72 Å². The Hall–Kier alpha value is -3.60. The maximum absolute atomic E-state index is 12.9. The molecule has 4 aromatic rings. The Balaban J connectivity index is 1.66. The summed E-state index contributed by atoms with van der Waals surface area (Å²) in [5, 5.41) is 3.03. The molecule has 1 amide bonds. The summed E-state index contributed by atoms with van der Waals surface area (Å²) in [4.78, 5) is 17.7. The second kappa shape index (κ2) is 7.80. The van der Waals surface area contributed by atoms with Crippen molar-refractivity contribution in [2.45, 2.75) is 26.9 Å². The summed E-state index contributed by atoms with van der Waals surface area (Å²) in [6.07, 6.45) is 1.25. The number of rotatable bonds is 5. The van der Waals surface area contributed by atoms with Crippen LogP contribution >= 0.6 is 0 Å². The summed E-state index contributed by atoms with van der Waals surface area (Å²) in [6.45, 7) is 5.76. The first-order valence-electron chi connectivity index (χ1n) is 9.60. The molecule has 0 bridgehead atoms. The first-order chi connectivity index (χ1) is 14.0. The topological polar surface area (TPSA) is 55.6 Å². The quantitative estimate of drug-likeness (QED) is 0.525. The molecule has 29 heavy (non-hydrogen) atoms. The second-order valence-corrected chi connectivity index (χ2v) is 7.12. The van der Waals surface area contributed by atoms with E-state index in [9.17, 15) is 4.79 Å². The lowest BCUT2D eigenvalue weighted by Crippen LogP contribution is -2.30. The van der Waals surface area contributed by atoms with Gasteiger partial charge in [0.15, 0.2) is 6.10 Å². The van der Waals surface area contributed by atoms with Crippen LogP contribution in [0.4, 0.5) is 5.82 Å². The number of carbonyl (C=O) groups is 1. The molecule has 5 nitrogen and oxygen atoms in total. The van der Waals surface area contributed by atoms with E-state index >= 15 is 0 Å². The van der Waals surface area contributed by atoms with Gasteiger partial charge in [0.05, 0.1) is 0 Å². The number of anilines is 1. The Morgan fingerprint density at radius 2 is 1.72 bits per heavy atom. The normalized spacial score (nSPS) is 12.0. The minimum Gasteiger partial charge on any atom is -0.481 e. The van der Waals surface area contributed by atoms with Crippen molar-refractivity contribution < 1.29 is 9.53 Å². The van der Waals surface area contributed by atoms with Crippen LogP contribution in [0.15, 0.2) is 72.9 Å². The molecule has 0 saturated carbocycles. The molecule has 0 aliphatic heterocycles. The van der Waals surface area contributed by atoms with Gasteiger partial charge in [-0.05, 0) is 44.5 Å². The molecule has 5 heteroatoms. The fourth-order valence-corrected chi connectivity index (χ4v) is 3.21. The zero-order valence-corrected chi connectivity index (χ0v) is 16.7. The maximum Gasteiger partial charge on any atom is 0.266 e. The summed E-state index contributed by atoms with van der Waals surface area (Å²) >= 11 is 0. The SMILES string of the molecule is Cc1ccc(OC(C)C(=O)Nc2c(-c3ccccc3)nc3c(C)cccn23)cc1. The predicted octanol–water partition coefficient (Wildman–Crippen LogP) is 5.02. The Bertz CT molecular complexity index is 1150. The van der Waals surface area contributed by atoms with Gasteiger partial charge in [0.2, 0.25) is 0 Å².